The number of rotatable bonds is 4. The number of carbonyl (C=O) groups excluding carboxylic acids is 1. The monoisotopic (exact) mass is 192 g/mol. The van der Waals surface area contributed by atoms with E-state index in [1.165, 1.54) is 5.56 Å². The summed E-state index contributed by atoms with van der Waals surface area (Å²) in [5.41, 5.74) is 6.26. The average Bonchev–Trinajstić information content (AvgIpc) is 2.20. The van der Waals surface area contributed by atoms with Gasteiger partial charge in [0.05, 0.1) is 0 Å². The molecule has 0 fully saturated rings. The maximum atomic E-state index is 10.6. The highest BCUT2D eigenvalue weighted by atomic mass is 16.2. The van der Waals surface area contributed by atoms with E-state index in [1.54, 1.807) is 0 Å². The van der Waals surface area contributed by atoms with Crippen LogP contribution in [0.1, 0.15) is 24.8 Å². The second-order valence-corrected chi connectivity index (χ2v) is 3.26. The van der Waals surface area contributed by atoms with E-state index in [9.17, 15) is 4.79 Å². The molecule has 1 aromatic carbocycles. The summed E-state index contributed by atoms with van der Waals surface area (Å²) >= 11 is 0. The fourth-order valence-electron chi connectivity index (χ4n) is 1.45. The van der Waals surface area contributed by atoms with Crippen LogP contribution >= 0.6 is 0 Å². The van der Waals surface area contributed by atoms with Crippen molar-refractivity contribution in [3.8, 4) is 0 Å². The van der Waals surface area contributed by atoms with Crippen molar-refractivity contribution < 1.29 is 4.79 Å². The number of benzene rings is 1. The predicted molar refractivity (Wildman–Crippen MR) is 57.1 cm³/mol. The Balaban J connectivity index is 2.58. The second-order valence-electron chi connectivity index (χ2n) is 3.26. The van der Waals surface area contributed by atoms with Crippen LogP contribution in [0.15, 0.2) is 30.3 Å². The summed E-state index contributed by atoms with van der Waals surface area (Å²) in [4.78, 5) is 10.6. The lowest BCUT2D eigenvalue weighted by atomic mass is 9.97. The maximum Gasteiger partial charge on any atom is 0.312 e. The molecule has 0 aromatic heterocycles. The molecule has 76 valence electrons. The summed E-state index contributed by atoms with van der Waals surface area (Å²) in [6, 6.07) is 9.66. The largest absolute Gasteiger partial charge is 0.352 e. The smallest absolute Gasteiger partial charge is 0.312 e. The summed E-state index contributed by atoms with van der Waals surface area (Å²) < 4.78 is 0. The minimum atomic E-state index is -0.459. The Kier molecular flexibility index (Phi) is 3.98. The Bertz CT molecular complexity index is 285. The molecule has 1 aromatic rings. The van der Waals surface area contributed by atoms with E-state index in [1.807, 2.05) is 18.2 Å². The molecule has 0 saturated heterocycles. The number of nitrogens with two attached hydrogens (primary N) is 1. The number of amides is 2. The van der Waals surface area contributed by atoms with Crippen LogP contribution in [-0.2, 0) is 0 Å². The molecule has 1 atom stereocenters. The summed E-state index contributed by atoms with van der Waals surface area (Å²) in [5.74, 6) is 0.351. The molecule has 3 heteroatoms. The van der Waals surface area contributed by atoms with Gasteiger partial charge in [0, 0.05) is 12.5 Å². The van der Waals surface area contributed by atoms with Gasteiger partial charge in [0.25, 0.3) is 0 Å². The molecule has 2 amide bonds. The van der Waals surface area contributed by atoms with Crippen LogP contribution in [0.5, 0.6) is 0 Å². The van der Waals surface area contributed by atoms with E-state index < -0.39 is 6.03 Å². The summed E-state index contributed by atoms with van der Waals surface area (Å²) in [7, 11) is 0. The van der Waals surface area contributed by atoms with E-state index in [2.05, 4.69) is 24.4 Å². The number of primary amides is 1. The number of urea groups is 1. The van der Waals surface area contributed by atoms with Crippen LogP contribution in [-0.4, -0.2) is 12.6 Å². The zero-order valence-corrected chi connectivity index (χ0v) is 8.36. The first-order valence-electron chi connectivity index (χ1n) is 4.82. The number of hydrogen-bond acceptors (Lipinski definition) is 1. The van der Waals surface area contributed by atoms with E-state index in [0.717, 1.165) is 6.42 Å². The van der Waals surface area contributed by atoms with Gasteiger partial charge in [0.15, 0.2) is 0 Å². The molecular formula is C11H16N2O. The third-order valence-corrected chi connectivity index (χ3v) is 2.29. The van der Waals surface area contributed by atoms with Gasteiger partial charge in [-0.2, -0.15) is 0 Å². The minimum Gasteiger partial charge on any atom is -0.352 e. The van der Waals surface area contributed by atoms with Gasteiger partial charge in [-0.1, -0.05) is 37.3 Å². The predicted octanol–water partition coefficient (Wildman–Crippen LogP) is 1.85. The van der Waals surface area contributed by atoms with Crippen LogP contribution < -0.4 is 11.1 Å². The van der Waals surface area contributed by atoms with Crippen LogP contribution in [0.25, 0.3) is 0 Å². The minimum absolute atomic E-state index is 0.351. The van der Waals surface area contributed by atoms with Gasteiger partial charge in [-0.15, -0.1) is 0 Å². The summed E-state index contributed by atoms with van der Waals surface area (Å²) in [5, 5.41) is 2.63. The SMILES string of the molecule is CCC(CNC(N)=O)c1ccccc1. The average molecular weight is 192 g/mol. The lowest BCUT2D eigenvalue weighted by Gasteiger charge is -2.14. The van der Waals surface area contributed by atoms with Gasteiger partial charge >= 0.3 is 6.03 Å². The van der Waals surface area contributed by atoms with Gasteiger partial charge in [0.2, 0.25) is 0 Å². The quantitative estimate of drug-likeness (QED) is 0.751. The zero-order chi connectivity index (χ0) is 10.4. The van der Waals surface area contributed by atoms with Crippen molar-refractivity contribution in [1.29, 1.82) is 0 Å². The first-order valence-corrected chi connectivity index (χ1v) is 4.82. The Morgan fingerprint density at radius 3 is 2.57 bits per heavy atom. The molecule has 0 spiro atoms. The molecule has 1 unspecified atom stereocenters. The molecule has 0 bridgehead atoms. The van der Waals surface area contributed by atoms with Crippen molar-refractivity contribution in [2.75, 3.05) is 6.54 Å². The molecule has 0 radical (unpaired) electrons. The Labute approximate surface area is 84.3 Å². The second kappa shape index (κ2) is 5.27. The van der Waals surface area contributed by atoms with Gasteiger partial charge in [-0.25, -0.2) is 4.79 Å². The standard InChI is InChI=1S/C11H16N2O/c1-2-9(8-13-11(12)14)10-6-4-3-5-7-10/h3-7,9H,2,8H2,1H3,(H3,12,13,14). The van der Waals surface area contributed by atoms with Gasteiger partial charge in [-0.3, -0.25) is 0 Å². The van der Waals surface area contributed by atoms with Gasteiger partial charge in [-0.05, 0) is 12.0 Å². The fourth-order valence-corrected chi connectivity index (χ4v) is 1.45. The van der Waals surface area contributed by atoms with Crippen LogP contribution in [0.4, 0.5) is 4.79 Å². The van der Waals surface area contributed by atoms with Crippen molar-refractivity contribution >= 4 is 6.03 Å². The highest BCUT2D eigenvalue weighted by Crippen LogP contribution is 2.17. The number of hydrogen-bond donors (Lipinski definition) is 2. The van der Waals surface area contributed by atoms with Crippen LogP contribution in [0.3, 0.4) is 0 Å². The molecule has 0 aliphatic rings. The lowest BCUT2D eigenvalue weighted by molar-refractivity contribution is 0.248. The topological polar surface area (TPSA) is 55.1 Å². The molecular weight excluding hydrogens is 176 g/mol. The summed E-state index contributed by atoms with van der Waals surface area (Å²) in [6.07, 6.45) is 0.990. The number of carbonyl (C=O) groups is 1. The van der Waals surface area contributed by atoms with Crippen LogP contribution in [0.2, 0.25) is 0 Å². The van der Waals surface area contributed by atoms with E-state index in [4.69, 9.17) is 5.73 Å². The fraction of sp³-hybridized carbons (Fsp3) is 0.364. The molecule has 14 heavy (non-hydrogen) atoms. The van der Waals surface area contributed by atoms with Crippen molar-refractivity contribution in [2.45, 2.75) is 19.3 Å². The summed E-state index contributed by atoms with van der Waals surface area (Å²) in [6.45, 7) is 2.70. The molecule has 1 rings (SSSR count). The highest BCUT2D eigenvalue weighted by Gasteiger charge is 2.08. The first kappa shape index (κ1) is 10.6. The van der Waals surface area contributed by atoms with Crippen molar-refractivity contribution in [2.24, 2.45) is 5.73 Å². The maximum absolute atomic E-state index is 10.6. The van der Waals surface area contributed by atoms with E-state index >= 15 is 0 Å². The van der Waals surface area contributed by atoms with Crippen molar-refractivity contribution in [3.63, 3.8) is 0 Å². The van der Waals surface area contributed by atoms with Gasteiger partial charge < -0.3 is 11.1 Å². The molecule has 0 aliphatic heterocycles. The van der Waals surface area contributed by atoms with Gasteiger partial charge in [0.1, 0.15) is 0 Å². The molecule has 3 nitrogen and oxygen atoms in total. The third kappa shape index (κ3) is 3.09. The van der Waals surface area contributed by atoms with E-state index in [-0.39, 0.29) is 0 Å². The Hall–Kier alpha value is -1.51. The first-order chi connectivity index (χ1) is 6.74. The molecule has 3 N–H and O–H groups in total. The van der Waals surface area contributed by atoms with Crippen molar-refractivity contribution in [1.82, 2.24) is 5.32 Å². The normalized spacial score (nSPS) is 12.1. The molecule has 0 aliphatic carbocycles. The number of nitrogens with one attached hydrogen (secondary N) is 1. The lowest BCUT2D eigenvalue weighted by Crippen LogP contribution is -2.32. The highest BCUT2D eigenvalue weighted by molar-refractivity contribution is 5.71. The molecule has 0 saturated carbocycles. The Morgan fingerprint density at radius 2 is 2.07 bits per heavy atom. The van der Waals surface area contributed by atoms with Crippen molar-refractivity contribution in [3.05, 3.63) is 35.9 Å². The zero-order valence-electron chi connectivity index (χ0n) is 8.36. The van der Waals surface area contributed by atoms with E-state index in [0.29, 0.717) is 12.5 Å². The molecule has 0 heterocycles. The van der Waals surface area contributed by atoms with Crippen LogP contribution in [0, 0.1) is 0 Å². The Morgan fingerprint density at radius 1 is 1.43 bits per heavy atom. The third-order valence-electron chi connectivity index (χ3n) is 2.29.